The zero-order valence-corrected chi connectivity index (χ0v) is 5.64. The molecule has 0 aromatic carbocycles. The van der Waals surface area contributed by atoms with E-state index in [4.69, 9.17) is 0 Å². The normalized spacial score (nSPS) is 26.0. The van der Waals surface area contributed by atoms with Crippen molar-refractivity contribution in [3.63, 3.8) is 0 Å². The van der Waals surface area contributed by atoms with E-state index < -0.39 is 0 Å². The van der Waals surface area contributed by atoms with E-state index in [0.717, 1.165) is 5.92 Å². The van der Waals surface area contributed by atoms with Crippen molar-refractivity contribution >= 4 is 0 Å². The molecule has 0 amide bonds. The Bertz CT molecular complexity index is 159. The molecular formula is C9H12. The van der Waals surface area contributed by atoms with Crippen LogP contribution in [0.2, 0.25) is 0 Å². The molecule has 2 aliphatic rings. The summed E-state index contributed by atoms with van der Waals surface area (Å²) in [5.74, 6) is 0.972. The molecule has 0 aromatic rings. The van der Waals surface area contributed by atoms with E-state index in [0.29, 0.717) is 0 Å². The molecule has 0 heterocycles. The first-order valence-corrected chi connectivity index (χ1v) is 3.82. The molecule has 0 nitrogen and oxygen atoms in total. The lowest BCUT2D eigenvalue weighted by atomic mass is 9.79. The lowest BCUT2D eigenvalue weighted by Gasteiger charge is -2.26. The summed E-state index contributed by atoms with van der Waals surface area (Å²) in [5, 5.41) is 0. The minimum atomic E-state index is 0.972. The summed E-state index contributed by atoms with van der Waals surface area (Å²) in [4.78, 5) is 0. The smallest absolute Gasteiger partial charge is 0.0130 e. The molecule has 0 heteroatoms. The molecule has 2 aliphatic carbocycles. The molecule has 1 fully saturated rings. The fourth-order valence-electron chi connectivity index (χ4n) is 1.55. The van der Waals surface area contributed by atoms with Crippen LogP contribution in [0.4, 0.5) is 0 Å². The Morgan fingerprint density at radius 2 is 2.22 bits per heavy atom. The van der Waals surface area contributed by atoms with Crippen molar-refractivity contribution < 1.29 is 0 Å². The Labute approximate surface area is 56.3 Å². The van der Waals surface area contributed by atoms with Crippen LogP contribution < -0.4 is 0 Å². The highest BCUT2D eigenvalue weighted by atomic mass is 14.3. The van der Waals surface area contributed by atoms with Crippen molar-refractivity contribution in [3.8, 4) is 0 Å². The molecule has 48 valence electrons. The van der Waals surface area contributed by atoms with Crippen LogP contribution in [0.15, 0.2) is 23.8 Å². The minimum Gasteiger partial charge on any atom is -0.0805 e. The first kappa shape index (κ1) is 5.28. The summed E-state index contributed by atoms with van der Waals surface area (Å²) in [5.41, 5.74) is 1.68. The lowest BCUT2D eigenvalue weighted by molar-refractivity contribution is 0.364. The summed E-state index contributed by atoms with van der Waals surface area (Å²) in [7, 11) is 0. The van der Waals surface area contributed by atoms with Crippen LogP contribution in [-0.4, -0.2) is 0 Å². The second-order valence-electron chi connectivity index (χ2n) is 3.00. The van der Waals surface area contributed by atoms with Crippen LogP contribution in [0.3, 0.4) is 0 Å². The molecule has 0 saturated heterocycles. The van der Waals surface area contributed by atoms with E-state index in [1.54, 1.807) is 5.57 Å². The van der Waals surface area contributed by atoms with Gasteiger partial charge in [-0.25, -0.2) is 0 Å². The largest absolute Gasteiger partial charge is 0.0805 e. The Morgan fingerprint density at radius 1 is 1.33 bits per heavy atom. The van der Waals surface area contributed by atoms with E-state index >= 15 is 0 Å². The van der Waals surface area contributed by atoms with E-state index in [1.807, 2.05) is 0 Å². The standard InChI is InChI=1S/C9H12/c1-2-5-8(4-1)9-6-3-7-9/h1-2,4,9H,3,5-7H2. The Morgan fingerprint density at radius 3 is 2.67 bits per heavy atom. The van der Waals surface area contributed by atoms with Gasteiger partial charge in [0.2, 0.25) is 0 Å². The van der Waals surface area contributed by atoms with Crippen LogP contribution in [0, 0.1) is 5.92 Å². The molecule has 0 N–H and O–H groups in total. The third kappa shape index (κ3) is 0.827. The van der Waals surface area contributed by atoms with Crippen LogP contribution >= 0.6 is 0 Å². The Kier molecular flexibility index (Phi) is 1.18. The summed E-state index contributed by atoms with van der Waals surface area (Å²) in [6, 6.07) is 0. The van der Waals surface area contributed by atoms with Gasteiger partial charge in [0.1, 0.15) is 0 Å². The van der Waals surface area contributed by atoms with Gasteiger partial charge in [0.15, 0.2) is 0 Å². The Hall–Kier alpha value is -0.520. The zero-order chi connectivity index (χ0) is 6.10. The molecule has 0 radical (unpaired) electrons. The maximum absolute atomic E-state index is 2.30. The number of hydrogen-bond acceptors (Lipinski definition) is 0. The van der Waals surface area contributed by atoms with Crippen molar-refractivity contribution in [1.29, 1.82) is 0 Å². The van der Waals surface area contributed by atoms with E-state index in [2.05, 4.69) is 18.2 Å². The molecular weight excluding hydrogens is 108 g/mol. The highest BCUT2D eigenvalue weighted by Crippen LogP contribution is 2.36. The molecule has 0 spiro atoms. The van der Waals surface area contributed by atoms with Crippen LogP contribution in [-0.2, 0) is 0 Å². The first-order chi connectivity index (χ1) is 4.47. The van der Waals surface area contributed by atoms with Crippen LogP contribution in [0.1, 0.15) is 25.7 Å². The van der Waals surface area contributed by atoms with Gasteiger partial charge in [0.05, 0.1) is 0 Å². The highest BCUT2D eigenvalue weighted by molar-refractivity contribution is 5.25. The maximum atomic E-state index is 2.30. The zero-order valence-electron chi connectivity index (χ0n) is 5.64. The SMILES string of the molecule is C1=CCC(C2CCC2)=C1. The first-order valence-electron chi connectivity index (χ1n) is 3.82. The molecule has 0 aliphatic heterocycles. The predicted octanol–water partition coefficient (Wildman–Crippen LogP) is 2.67. The fourth-order valence-corrected chi connectivity index (χ4v) is 1.55. The van der Waals surface area contributed by atoms with Gasteiger partial charge in [-0.1, -0.05) is 30.2 Å². The van der Waals surface area contributed by atoms with Crippen molar-refractivity contribution in [1.82, 2.24) is 0 Å². The minimum absolute atomic E-state index is 0.972. The van der Waals surface area contributed by atoms with E-state index in [-0.39, 0.29) is 0 Å². The monoisotopic (exact) mass is 120 g/mol. The second kappa shape index (κ2) is 2.02. The van der Waals surface area contributed by atoms with Crippen molar-refractivity contribution in [2.75, 3.05) is 0 Å². The number of allylic oxidation sites excluding steroid dienone is 4. The molecule has 2 rings (SSSR count). The topological polar surface area (TPSA) is 0 Å². The van der Waals surface area contributed by atoms with Gasteiger partial charge in [0.25, 0.3) is 0 Å². The molecule has 1 saturated carbocycles. The van der Waals surface area contributed by atoms with Gasteiger partial charge in [-0.05, 0) is 25.2 Å². The van der Waals surface area contributed by atoms with E-state index in [1.165, 1.54) is 25.7 Å². The van der Waals surface area contributed by atoms with Gasteiger partial charge < -0.3 is 0 Å². The number of hydrogen-bond donors (Lipinski definition) is 0. The summed E-state index contributed by atoms with van der Waals surface area (Å²) >= 11 is 0. The second-order valence-corrected chi connectivity index (χ2v) is 3.00. The van der Waals surface area contributed by atoms with Gasteiger partial charge in [-0.3, -0.25) is 0 Å². The average Bonchev–Trinajstić information content (AvgIpc) is 2.11. The van der Waals surface area contributed by atoms with Crippen molar-refractivity contribution in [2.24, 2.45) is 5.92 Å². The average molecular weight is 120 g/mol. The molecule has 0 aromatic heterocycles. The number of rotatable bonds is 1. The molecule has 0 bridgehead atoms. The van der Waals surface area contributed by atoms with Crippen LogP contribution in [0.25, 0.3) is 0 Å². The van der Waals surface area contributed by atoms with Crippen molar-refractivity contribution in [2.45, 2.75) is 25.7 Å². The fraction of sp³-hybridized carbons (Fsp3) is 0.556. The summed E-state index contributed by atoms with van der Waals surface area (Å²) < 4.78 is 0. The summed E-state index contributed by atoms with van der Waals surface area (Å²) in [6.45, 7) is 0. The predicted molar refractivity (Wildman–Crippen MR) is 39.2 cm³/mol. The van der Waals surface area contributed by atoms with Gasteiger partial charge in [0, 0.05) is 0 Å². The lowest BCUT2D eigenvalue weighted by Crippen LogP contribution is -2.12. The maximum Gasteiger partial charge on any atom is -0.0130 e. The molecule has 0 unspecified atom stereocenters. The molecule has 9 heavy (non-hydrogen) atoms. The Balaban J connectivity index is 1.98. The van der Waals surface area contributed by atoms with Gasteiger partial charge >= 0.3 is 0 Å². The molecule has 0 atom stereocenters. The highest BCUT2D eigenvalue weighted by Gasteiger charge is 2.21. The van der Waals surface area contributed by atoms with Crippen LogP contribution in [0.5, 0.6) is 0 Å². The third-order valence-corrected chi connectivity index (χ3v) is 2.43. The van der Waals surface area contributed by atoms with Gasteiger partial charge in [-0.15, -0.1) is 0 Å². The van der Waals surface area contributed by atoms with Gasteiger partial charge in [-0.2, -0.15) is 0 Å². The van der Waals surface area contributed by atoms with Crippen molar-refractivity contribution in [3.05, 3.63) is 23.8 Å². The third-order valence-electron chi connectivity index (χ3n) is 2.43. The summed E-state index contributed by atoms with van der Waals surface area (Å²) in [6.07, 6.45) is 12.3. The van der Waals surface area contributed by atoms with E-state index in [9.17, 15) is 0 Å². The quantitative estimate of drug-likeness (QED) is 0.499.